The highest BCUT2D eigenvalue weighted by Crippen LogP contribution is 2.36. The van der Waals surface area contributed by atoms with E-state index < -0.39 is 21.8 Å². The number of carbonyl (C=O) groups is 2. The van der Waals surface area contributed by atoms with Crippen LogP contribution in [-0.4, -0.2) is 36.1 Å². The average molecular weight is 468 g/mol. The normalized spacial score (nSPS) is 15.2. The van der Waals surface area contributed by atoms with Crippen LogP contribution in [0.1, 0.15) is 34.2 Å². The number of sulfonamides is 1. The van der Waals surface area contributed by atoms with Crippen molar-refractivity contribution in [1.82, 2.24) is 20.6 Å². The molecule has 1 atom stereocenters. The Morgan fingerprint density at radius 3 is 2.55 bits per heavy atom. The van der Waals surface area contributed by atoms with Crippen molar-refractivity contribution in [3.63, 3.8) is 0 Å². The van der Waals surface area contributed by atoms with Gasteiger partial charge in [0.05, 0.1) is 16.3 Å². The maximum absolute atomic E-state index is 13.4. The Morgan fingerprint density at radius 1 is 1.06 bits per heavy atom. The zero-order valence-corrected chi connectivity index (χ0v) is 19.4. The van der Waals surface area contributed by atoms with E-state index in [1.54, 1.807) is 12.1 Å². The number of nitrogens with one attached hydrogen (secondary N) is 2. The third kappa shape index (κ3) is 4.47. The van der Waals surface area contributed by atoms with Crippen LogP contribution in [0.15, 0.2) is 59.5 Å². The molecule has 0 saturated carbocycles. The third-order valence-electron chi connectivity index (χ3n) is 5.51. The molecule has 1 aromatic heterocycles. The monoisotopic (exact) mass is 467 g/mol. The molecule has 0 fully saturated rings. The van der Waals surface area contributed by atoms with Crippen LogP contribution < -0.4 is 15.2 Å². The molecular formula is C23H25N5O4S. The van der Waals surface area contributed by atoms with E-state index in [1.807, 2.05) is 39.0 Å². The largest absolute Gasteiger partial charge is 0.271 e. The van der Waals surface area contributed by atoms with E-state index in [9.17, 15) is 18.0 Å². The van der Waals surface area contributed by atoms with Crippen molar-refractivity contribution in [2.45, 2.75) is 44.7 Å². The van der Waals surface area contributed by atoms with Gasteiger partial charge < -0.3 is 0 Å². The maximum Gasteiger partial charge on any atom is 0.269 e. The Kier molecular flexibility index (Phi) is 5.94. The minimum atomic E-state index is -3.88. The van der Waals surface area contributed by atoms with Crippen molar-refractivity contribution in [2.75, 3.05) is 4.31 Å². The molecule has 2 N–H and O–H groups in total. The second-order valence-electron chi connectivity index (χ2n) is 8.10. The lowest BCUT2D eigenvalue weighted by atomic mass is 10.1. The van der Waals surface area contributed by atoms with Crippen LogP contribution in [0.2, 0.25) is 0 Å². The van der Waals surface area contributed by atoms with Crippen LogP contribution in [-0.2, 0) is 27.8 Å². The van der Waals surface area contributed by atoms with Gasteiger partial charge in [0.15, 0.2) is 0 Å². The molecule has 0 bridgehead atoms. The molecule has 2 amide bonds. The van der Waals surface area contributed by atoms with Gasteiger partial charge in [-0.25, -0.2) is 8.42 Å². The molecule has 3 aromatic rings. The smallest absolute Gasteiger partial charge is 0.269 e. The standard InChI is InChI=1S/C23H25N5O4S/c1-15-11-16(2)27(26-15)14-22(29)24-25-23(30)19-8-6-9-20(13-19)33(31,32)28-17(3)12-18-7-4-5-10-21(18)28/h4-11,13,17H,12,14H2,1-3H3,(H,24,29)(H,25,30). The first-order chi connectivity index (χ1) is 15.7. The minimum Gasteiger partial charge on any atom is -0.271 e. The number of fused-ring (bicyclic) bond motifs is 1. The topological polar surface area (TPSA) is 113 Å². The number of nitrogens with zero attached hydrogens (tertiary/aromatic N) is 3. The van der Waals surface area contributed by atoms with E-state index in [0.29, 0.717) is 12.1 Å². The molecule has 2 heterocycles. The van der Waals surface area contributed by atoms with Crippen LogP contribution >= 0.6 is 0 Å². The van der Waals surface area contributed by atoms with E-state index in [4.69, 9.17) is 0 Å². The lowest BCUT2D eigenvalue weighted by Crippen LogP contribution is -2.43. The molecule has 0 aliphatic carbocycles. The number of aryl methyl sites for hydroxylation is 2. The Labute approximate surface area is 192 Å². The van der Waals surface area contributed by atoms with Gasteiger partial charge in [0.2, 0.25) is 0 Å². The van der Waals surface area contributed by atoms with Crippen LogP contribution in [0, 0.1) is 13.8 Å². The number of rotatable bonds is 5. The Balaban J connectivity index is 1.48. The van der Waals surface area contributed by atoms with Crippen LogP contribution in [0.25, 0.3) is 0 Å². The number of hydrogen-bond acceptors (Lipinski definition) is 5. The highest BCUT2D eigenvalue weighted by Gasteiger charge is 2.36. The van der Waals surface area contributed by atoms with E-state index in [2.05, 4.69) is 16.0 Å². The SMILES string of the molecule is Cc1cc(C)n(CC(=O)NNC(=O)c2cccc(S(=O)(=O)N3c4ccccc4CC3C)c2)n1. The Hall–Kier alpha value is -3.66. The van der Waals surface area contributed by atoms with Gasteiger partial charge in [0.25, 0.3) is 21.8 Å². The quantitative estimate of drug-likeness (QED) is 0.558. The molecule has 9 nitrogen and oxygen atoms in total. The molecule has 4 rings (SSSR count). The number of amides is 2. The number of hydrogen-bond donors (Lipinski definition) is 2. The van der Waals surface area contributed by atoms with Gasteiger partial charge in [-0.1, -0.05) is 24.3 Å². The molecule has 172 valence electrons. The highest BCUT2D eigenvalue weighted by atomic mass is 32.2. The van der Waals surface area contributed by atoms with Crippen LogP contribution in [0.4, 0.5) is 5.69 Å². The van der Waals surface area contributed by atoms with Gasteiger partial charge >= 0.3 is 0 Å². The number of carbonyl (C=O) groups excluding carboxylic acids is 2. The zero-order chi connectivity index (χ0) is 23.8. The fourth-order valence-corrected chi connectivity index (χ4v) is 5.76. The molecule has 2 aromatic carbocycles. The van der Waals surface area contributed by atoms with Crippen molar-refractivity contribution < 1.29 is 18.0 Å². The lowest BCUT2D eigenvalue weighted by Gasteiger charge is -2.24. The minimum absolute atomic E-state index is 0.00710. The van der Waals surface area contributed by atoms with Gasteiger partial charge in [-0.2, -0.15) is 5.10 Å². The van der Waals surface area contributed by atoms with Crippen molar-refractivity contribution in [3.05, 3.63) is 77.1 Å². The summed E-state index contributed by atoms with van der Waals surface area (Å²) in [6.07, 6.45) is 0.622. The molecule has 0 saturated heterocycles. The van der Waals surface area contributed by atoms with E-state index in [1.165, 1.54) is 33.3 Å². The van der Waals surface area contributed by atoms with Gasteiger partial charge in [-0.05, 0) is 63.1 Å². The second-order valence-corrected chi connectivity index (χ2v) is 9.91. The molecular weight excluding hydrogens is 442 g/mol. The first-order valence-corrected chi connectivity index (χ1v) is 11.9. The van der Waals surface area contributed by atoms with Crippen molar-refractivity contribution in [2.24, 2.45) is 0 Å². The van der Waals surface area contributed by atoms with E-state index >= 15 is 0 Å². The van der Waals surface area contributed by atoms with Crippen molar-refractivity contribution in [1.29, 1.82) is 0 Å². The number of benzene rings is 2. The van der Waals surface area contributed by atoms with E-state index in [0.717, 1.165) is 17.0 Å². The summed E-state index contributed by atoms with van der Waals surface area (Å²) in [5.74, 6) is -1.08. The molecule has 1 unspecified atom stereocenters. The predicted molar refractivity (Wildman–Crippen MR) is 123 cm³/mol. The average Bonchev–Trinajstić information content (AvgIpc) is 3.29. The summed E-state index contributed by atoms with van der Waals surface area (Å²) >= 11 is 0. The Bertz CT molecular complexity index is 1330. The van der Waals surface area contributed by atoms with E-state index in [-0.39, 0.29) is 23.0 Å². The summed E-state index contributed by atoms with van der Waals surface area (Å²) in [7, 11) is -3.88. The summed E-state index contributed by atoms with van der Waals surface area (Å²) in [6, 6.07) is 14.8. The highest BCUT2D eigenvalue weighted by molar-refractivity contribution is 7.92. The van der Waals surface area contributed by atoms with Crippen LogP contribution in [0.5, 0.6) is 0 Å². The number of hydrazine groups is 1. The summed E-state index contributed by atoms with van der Waals surface area (Å²) in [4.78, 5) is 24.8. The summed E-state index contributed by atoms with van der Waals surface area (Å²) in [6.45, 7) is 5.45. The van der Waals surface area contributed by atoms with Gasteiger partial charge in [-0.15, -0.1) is 0 Å². The first kappa shape index (κ1) is 22.5. The molecule has 0 spiro atoms. The Morgan fingerprint density at radius 2 is 1.82 bits per heavy atom. The van der Waals surface area contributed by atoms with Crippen molar-refractivity contribution >= 4 is 27.5 Å². The molecule has 0 radical (unpaired) electrons. The lowest BCUT2D eigenvalue weighted by molar-refractivity contribution is -0.122. The number of aromatic nitrogens is 2. The summed E-state index contributed by atoms with van der Waals surface area (Å²) in [5.41, 5.74) is 8.01. The predicted octanol–water partition coefficient (Wildman–Crippen LogP) is 2.10. The molecule has 33 heavy (non-hydrogen) atoms. The second kappa shape index (κ2) is 8.70. The number of para-hydroxylation sites is 1. The maximum atomic E-state index is 13.4. The third-order valence-corrected chi connectivity index (χ3v) is 7.43. The summed E-state index contributed by atoms with van der Waals surface area (Å²) < 4.78 is 29.7. The summed E-state index contributed by atoms with van der Waals surface area (Å²) in [5, 5.41) is 4.21. The van der Waals surface area contributed by atoms with Crippen molar-refractivity contribution in [3.8, 4) is 0 Å². The van der Waals surface area contributed by atoms with Gasteiger partial charge in [0, 0.05) is 17.3 Å². The number of anilines is 1. The first-order valence-electron chi connectivity index (χ1n) is 10.5. The van der Waals surface area contributed by atoms with Crippen LogP contribution in [0.3, 0.4) is 0 Å². The molecule has 1 aliphatic rings. The molecule has 1 aliphatic heterocycles. The zero-order valence-electron chi connectivity index (χ0n) is 18.6. The fourth-order valence-electron chi connectivity index (χ4n) is 4.02. The molecule has 10 heteroatoms. The van der Waals surface area contributed by atoms with Gasteiger partial charge in [0.1, 0.15) is 6.54 Å². The fraction of sp³-hybridized carbons (Fsp3) is 0.261. The van der Waals surface area contributed by atoms with Gasteiger partial charge in [-0.3, -0.25) is 29.4 Å².